The maximum atomic E-state index is 12.2. The summed E-state index contributed by atoms with van der Waals surface area (Å²) in [4.78, 5) is 11.6. The number of alkyl halides is 2. The molecule has 0 heterocycles. The molecule has 0 aliphatic carbocycles. The zero-order valence-electron chi connectivity index (χ0n) is 8.68. The highest BCUT2D eigenvalue weighted by atomic mass is 79.9. The molecule has 0 unspecified atom stereocenters. The number of halogens is 4. The van der Waals surface area contributed by atoms with Crippen LogP contribution in [0.5, 0.6) is 5.75 Å². The van der Waals surface area contributed by atoms with Crippen LogP contribution in [-0.4, -0.2) is 19.2 Å². The fourth-order valence-corrected chi connectivity index (χ4v) is 1.68. The van der Waals surface area contributed by atoms with E-state index in [2.05, 4.69) is 20.7 Å². The molecule has 0 N–H and O–H groups in total. The Kier molecular flexibility index (Phi) is 5.14. The van der Waals surface area contributed by atoms with Crippen molar-refractivity contribution in [3.8, 4) is 5.75 Å². The third-order valence-electron chi connectivity index (χ3n) is 1.75. The molecular formula is C10H8BrClF2O3. The summed E-state index contributed by atoms with van der Waals surface area (Å²) in [5.41, 5.74) is -0.219. The van der Waals surface area contributed by atoms with E-state index >= 15 is 0 Å². The Hall–Kier alpha value is -0.880. The van der Waals surface area contributed by atoms with Gasteiger partial charge in [0, 0.05) is 4.47 Å². The zero-order valence-corrected chi connectivity index (χ0v) is 11.0. The molecule has 17 heavy (non-hydrogen) atoms. The molecule has 0 amide bonds. The van der Waals surface area contributed by atoms with Gasteiger partial charge in [-0.05, 0) is 35.0 Å². The Morgan fingerprint density at radius 3 is 2.71 bits per heavy atom. The van der Waals surface area contributed by atoms with E-state index < -0.39 is 12.6 Å². The number of carbonyl (C=O) groups excluding carboxylic acids is 1. The summed E-state index contributed by atoms with van der Waals surface area (Å²) in [6.07, 6.45) is 0. The molecule has 0 atom stereocenters. The van der Waals surface area contributed by atoms with Crippen LogP contribution < -0.4 is 4.74 Å². The predicted molar refractivity (Wildman–Crippen MR) is 61.7 cm³/mol. The molecule has 0 saturated carbocycles. The molecule has 0 aromatic heterocycles. The van der Waals surface area contributed by atoms with Gasteiger partial charge in [-0.25, -0.2) is 4.79 Å². The second-order valence-corrected chi connectivity index (χ2v) is 4.07. The normalized spacial score (nSPS) is 10.5. The largest absolute Gasteiger partial charge is 0.462 e. The number of carbonyl (C=O) groups is 1. The molecule has 0 spiro atoms. The Balaban J connectivity index is 3.21. The van der Waals surface area contributed by atoms with Gasteiger partial charge in [0.15, 0.2) is 0 Å². The first-order valence-electron chi connectivity index (χ1n) is 4.57. The fraction of sp³-hybridized carbons (Fsp3) is 0.300. The van der Waals surface area contributed by atoms with Crippen molar-refractivity contribution >= 4 is 33.5 Å². The van der Waals surface area contributed by atoms with Crippen LogP contribution in [0.3, 0.4) is 0 Å². The van der Waals surface area contributed by atoms with Gasteiger partial charge in [0.05, 0.1) is 11.6 Å². The number of hydrogen-bond acceptors (Lipinski definition) is 3. The van der Waals surface area contributed by atoms with Crippen molar-refractivity contribution in [3.05, 3.63) is 27.2 Å². The monoisotopic (exact) mass is 328 g/mol. The number of ether oxygens (including phenoxy) is 2. The number of benzene rings is 1. The summed E-state index contributed by atoms with van der Waals surface area (Å²) in [6.45, 7) is -1.34. The van der Waals surface area contributed by atoms with Crippen LogP contribution in [0.1, 0.15) is 17.3 Å². The van der Waals surface area contributed by atoms with Gasteiger partial charge in [-0.15, -0.1) is 0 Å². The van der Waals surface area contributed by atoms with Gasteiger partial charge in [0.1, 0.15) is 11.3 Å². The quantitative estimate of drug-likeness (QED) is 0.786. The van der Waals surface area contributed by atoms with Crippen LogP contribution in [0.25, 0.3) is 0 Å². The van der Waals surface area contributed by atoms with Crippen LogP contribution in [0.15, 0.2) is 16.6 Å². The van der Waals surface area contributed by atoms with Gasteiger partial charge < -0.3 is 9.47 Å². The summed E-state index contributed by atoms with van der Waals surface area (Å²) < 4.78 is 33.6. The first-order valence-corrected chi connectivity index (χ1v) is 5.74. The standard InChI is InChI=1S/C10H8BrClF2O3/c1-2-16-9(15)7-6(17-10(13)14)4-3-5(11)8(7)12/h3-4,10H,2H2,1H3. The topological polar surface area (TPSA) is 35.5 Å². The van der Waals surface area contributed by atoms with Gasteiger partial charge in [0.2, 0.25) is 0 Å². The van der Waals surface area contributed by atoms with Crippen molar-refractivity contribution in [2.75, 3.05) is 6.61 Å². The van der Waals surface area contributed by atoms with E-state index in [0.29, 0.717) is 4.47 Å². The van der Waals surface area contributed by atoms with Crippen LogP contribution in [0.4, 0.5) is 8.78 Å². The van der Waals surface area contributed by atoms with Gasteiger partial charge in [0.25, 0.3) is 0 Å². The van der Waals surface area contributed by atoms with Crippen molar-refractivity contribution in [3.63, 3.8) is 0 Å². The second-order valence-electron chi connectivity index (χ2n) is 2.83. The Labute approximate surface area is 110 Å². The first-order chi connectivity index (χ1) is 7.97. The van der Waals surface area contributed by atoms with Crippen molar-refractivity contribution < 1.29 is 23.0 Å². The van der Waals surface area contributed by atoms with Crippen LogP contribution in [0, 0.1) is 0 Å². The van der Waals surface area contributed by atoms with Crippen LogP contribution in [0.2, 0.25) is 5.02 Å². The smallest absolute Gasteiger partial charge is 0.387 e. The summed E-state index contributed by atoms with van der Waals surface area (Å²) in [5.74, 6) is -1.12. The van der Waals surface area contributed by atoms with E-state index in [-0.39, 0.29) is 22.9 Å². The van der Waals surface area contributed by atoms with Crippen LogP contribution >= 0.6 is 27.5 Å². The third-order valence-corrected chi connectivity index (χ3v) is 3.03. The van der Waals surface area contributed by atoms with E-state index in [4.69, 9.17) is 16.3 Å². The highest BCUT2D eigenvalue weighted by Crippen LogP contribution is 2.34. The third kappa shape index (κ3) is 3.54. The number of esters is 1. The van der Waals surface area contributed by atoms with E-state index in [1.54, 1.807) is 6.92 Å². The summed E-state index contributed by atoms with van der Waals surface area (Å²) in [7, 11) is 0. The molecule has 0 bridgehead atoms. The van der Waals surface area contributed by atoms with Crippen LogP contribution in [-0.2, 0) is 4.74 Å². The number of rotatable bonds is 4. The van der Waals surface area contributed by atoms with Gasteiger partial charge in [-0.2, -0.15) is 8.78 Å². The van der Waals surface area contributed by atoms with Crippen molar-refractivity contribution in [2.45, 2.75) is 13.5 Å². The Morgan fingerprint density at radius 1 is 1.53 bits per heavy atom. The molecule has 0 aliphatic heterocycles. The first kappa shape index (κ1) is 14.2. The molecule has 1 rings (SSSR count). The average Bonchev–Trinajstić information content (AvgIpc) is 2.23. The zero-order chi connectivity index (χ0) is 13.0. The molecular weight excluding hydrogens is 321 g/mol. The Morgan fingerprint density at radius 2 is 2.18 bits per heavy atom. The van der Waals surface area contributed by atoms with Crippen molar-refractivity contribution in [1.82, 2.24) is 0 Å². The van der Waals surface area contributed by atoms with E-state index in [0.717, 1.165) is 0 Å². The summed E-state index contributed by atoms with van der Waals surface area (Å²) >= 11 is 8.92. The molecule has 0 radical (unpaired) electrons. The van der Waals surface area contributed by atoms with E-state index in [9.17, 15) is 13.6 Å². The minimum absolute atomic E-state index is 0.0263. The minimum atomic E-state index is -3.04. The lowest BCUT2D eigenvalue weighted by atomic mass is 10.2. The maximum Gasteiger partial charge on any atom is 0.387 e. The SMILES string of the molecule is CCOC(=O)c1c(OC(F)F)ccc(Br)c1Cl. The predicted octanol–water partition coefficient (Wildman–Crippen LogP) is 3.88. The summed E-state index contributed by atoms with van der Waals surface area (Å²) in [5, 5.41) is -0.0263. The lowest BCUT2D eigenvalue weighted by Gasteiger charge is -2.12. The molecule has 94 valence electrons. The summed E-state index contributed by atoms with van der Waals surface area (Å²) in [6, 6.07) is 2.62. The molecule has 1 aromatic rings. The van der Waals surface area contributed by atoms with Crippen molar-refractivity contribution in [1.29, 1.82) is 0 Å². The lowest BCUT2D eigenvalue weighted by molar-refractivity contribution is -0.0504. The molecule has 3 nitrogen and oxygen atoms in total. The molecule has 0 aliphatic rings. The Bertz CT molecular complexity index is 426. The number of hydrogen-bond donors (Lipinski definition) is 0. The maximum absolute atomic E-state index is 12.2. The highest BCUT2D eigenvalue weighted by molar-refractivity contribution is 9.10. The molecule has 0 saturated heterocycles. The van der Waals surface area contributed by atoms with E-state index in [1.165, 1.54) is 12.1 Å². The average molecular weight is 330 g/mol. The van der Waals surface area contributed by atoms with Gasteiger partial charge in [-0.3, -0.25) is 0 Å². The minimum Gasteiger partial charge on any atom is -0.462 e. The fourth-order valence-electron chi connectivity index (χ4n) is 1.12. The van der Waals surface area contributed by atoms with Crippen molar-refractivity contribution in [2.24, 2.45) is 0 Å². The van der Waals surface area contributed by atoms with Gasteiger partial charge in [-0.1, -0.05) is 11.6 Å². The molecule has 0 fully saturated rings. The molecule has 7 heteroatoms. The lowest BCUT2D eigenvalue weighted by Crippen LogP contribution is -2.11. The molecule has 1 aromatic carbocycles. The van der Waals surface area contributed by atoms with Gasteiger partial charge >= 0.3 is 12.6 Å². The van der Waals surface area contributed by atoms with E-state index in [1.807, 2.05) is 0 Å². The second kappa shape index (κ2) is 6.16. The highest BCUT2D eigenvalue weighted by Gasteiger charge is 2.22.